The Morgan fingerprint density at radius 2 is 2.05 bits per heavy atom. The number of anilines is 1. The normalized spacial score (nSPS) is 13.6. The molecular weight excluding hydrogens is 318 g/mol. The maximum atomic E-state index is 12.5. The number of carbonyl (C=O) groups is 1. The highest BCUT2D eigenvalue weighted by Gasteiger charge is 2.18. The highest BCUT2D eigenvalue weighted by Crippen LogP contribution is 2.33. The Morgan fingerprint density at radius 1 is 1.27 bits per heavy atom. The van der Waals surface area contributed by atoms with Gasteiger partial charge in [0.2, 0.25) is 0 Å². The van der Waals surface area contributed by atoms with Crippen molar-refractivity contribution in [3.8, 4) is 5.75 Å². The van der Waals surface area contributed by atoms with E-state index < -0.39 is 0 Å². The predicted octanol–water partition coefficient (Wildman–Crippen LogP) is 4.85. The van der Waals surface area contributed by atoms with Gasteiger partial charge in [-0.2, -0.15) is 0 Å². The third-order valence-corrected chi connectivity index (χ3v) is 5.59. The van der Waals surface area contributed by atoms with Crippen LogP contribution in [-0.2, 0) is 12.8 Å². The summed E-state index contributed by atoms with van der Waals surface area (Å²) in [6, 6.07) is 5.60. The smallest absolute Gasteiger partial charge is 0.265 e. The lowest BCUT2D eigenvalue weighted by atomic mass is 9.99. The van der Waals surface area contributed by atoms with Crippen LogP contribution in [-0.4, -0.2) is 13.0 Å². The molecule has 0 unspecified atom stereocenters. The number of aryl methyl sites for hydroxylation is 3. The van der Waals surface area contributed by atoms with E-state index in [-0.39, 0.29) is 5.91 Å². The van der Waals surface area contributed by atoms with Gasteiger partial charge in [-0.25, -0.2) is 0 Å². The van der Waals surface area contributed by atoms with Gasteiger partial charge in [-0.05, 0) is 55.9 Å². The van der Waals surface area contributed by atoms with Gasteiger partial charge < -0.3 is 10.1 Å². The first-order chi connectivity index (χ1) is 10.6. The Morgan fingerprint density at radius 3 is 2.77 bits per heavy atom. The van der Waals surface area contributed by atoms with E-state index in [0.717, 1.165) is 23.3 Å². The van der Waals surface area contributed by atoms with Crippen molar-refractivity contribution in [3.05, 3.63) is 44.1 Å². The van der Waals surface area contributed by atoms with E-state index in [2.05, 4.69) is 5.32 Å². The summed E-state index contributed by atoms with van der Waals surface area (Å²) in [5.74, 6) is 0.490. The monoisotopic (exact) mass is 335 g/mol. The summed E-state index contributed by atoms with van der Waals surface area (Å²) in [4.78, 5) is 14.6. The molecule has 22 heavy (non-hydrogen) atoms. The summed E-state index contributed by atoms with van der Waals surface area (Å²) in [6.07, 6.45) is 4.62. The number of methoxy groups -OCH3 is 1. The zero-order chi connectivity index (χ0) is 15.7. The van der Waals surface area contributed by atoms with Gasteiger partial charge in [-0.3, -0.25) is 4.79 Å². The van der Waals surface area contributed by atoms with Crippen LogP contribution in [0.15, 0.2) is 18.2 Å². The number of halogens is 1. The molecule has 1 aromatic heterocycles. The van der Waals surface area contributed by atoms with Crippen molar-refractivity contribution in [3.63, 3.8) is 0 Å². The fraction of sp³-hybridized carbons (Fsp3) is 0.353. The molecule has 0 aliphatic heterocycles. The summed E-state index contributed by atoms with van der Waals surface area (Å²) in [6.45, 7) is 1.90. The molecule has 0 atom stereocenters. The van der Waals surface area contributed by atoms with Gasteiger partial charge in [-0.1, -0.05) is 11.6 Å². The number of ether oxygens (including phenoxy) is 1. The summed E-state index contributed by atoms with van der Waals surface area (Å²) >= 11 is 7.70. The molecule has 1 N–H and O–H groups in total. The van der Waals surface area contributed by atoms with Gasteiger partial charge in [0.15, 0.2) is 0 Å². The van der Waals surface area contributed by atoms with Crippen molar-refractivity contribution < 1.29 is 9.53 Å². The number of carbonyl (C=O) groups excluding carboxylic acids is 1. The van der Waals surface area contributed by atoms with E-state index >= 15 is 0 Å². The van der Waals surface area contributed by atoms with E-state index in [0.29, 0.717) is 16.5 Å². The van der Waals surface area contributed by atoms with E-state index in [9.17, 15) is 4.79 Å². The Bertz CT molecular complexity index is 700. The van der Waals surface area contributed by atoms with Gasteiger partial charge in [0.25, 0.3) is 5.91 Å². The summed E-state index contributed by atoms with van der Waals surface area (Å²) in [5, 5.41) is 3.57. The molecule has 0 saturated heterocycles. The highest BCUT2D eigenvalue weighted by atomic mass is 35.5. The van der Waals surface area contributed by atoms with Crippen LogP contribution in [0, 0.1) is 6.92 Å². The van der Waals surface area contributed by atoms with Gasteiger partial charge in [-0.15, -0.1) is 11.3 Å². The lowest BCUT2D eigenvalue weighted by molar-refractivity contribution is 0.103. The molecular formula is C17H18ClNO2S. The largest absolute Gasteiger partial charge is 0.495 e. The third kappa shape index (κ3) is 2.99. The van der Waals surface area contributed by atoms with Crippen molar-refractivity contribution in [2.24, 2.45) is 0 Å². The molecule has 1 aliphatic rings. The number of hydrogen-bond acceptors (Lipinski definition) is 3. The maximum Gasteiger partial charge on any atom is 0.265 e. The quantitative estimate of drug-likeness (QED) is 0.870. The van der Waals surface area contributed by atoms with Gasteiger partial charge in [0.1, 0.15) is 5.75 Å². The van der Waals surface area contributed by atoms with Gasteiger partial charge in [0.05, 0.1) is 17.7 Å². The minimum atomic E-state index is -0.0839. The zero-order valence-electron chi connectivity index (χ0n) is 12.7. The molecule has 5 heteroatoms. The van der Waals surface area contributed by atoms with Gasteiger partial charge >= 0.3 is 0 Å². The number of benzene rings is 1. The molecule has 2 aromatic rings. The van der Waals surface area contributed by atoms with Crippen molar-refractivity contribution in [2.45, 2.75) is 32.6 Å². The molecule has 1 aliphatic carbocycles. The third-order valence-electron chi connectivity index (χ3n) is 3.95. The van der Waals surface area contributed by atoms with Crippen molar-refractivity contribution in [1.29, 1.82) is 0 Å². The minimum Gasteiger partial charge on any atom is -0.495 e. The van der Waals surface area contributed by atoms with E-state index in [1.807, 2.05) is 19.1 Å². The summed E-state index contributed by atoms with van der Waals surface area (Å²) in [5.41, 5.74) is 2.89. The number of fused-ring (bicyclic) bond motifs is 1. The van der Waals surface area contributed by atoms with Crippen LogP contribution in [0.2, 0.25) is 5.02 Å². The molecule has 1 heterocycles. The highest BCUT2D eigenvalue weighted by molar-refractivity contribution is 7.14. The molecule has 0 bridgehead atoms. The van der Waals surface area contributed by atoms with Crippen LogP contribution < -0.4 is 10.1 Å². The molecule has 1 amide bonds. The molecule has 0 saturated carbocycles. The summed E-state index contributed by atoms with van der Waals surface area (Å²) < 4.78 is 5.30. The van der Waals surface area contributed by atoms with Crippen LogP contribution in [0.5, 0.6) is 5.75 Å². The average Bonchev–Trinajstić information content (AvgIpc) is 2.94. The molecule has 3 nitrogen and oxygen atoms in total. The zero-order valence-corrected chi connectivity index (χ0v) is 14.2. The lowest BCUT2D eigenvalue weighted by Crippen LogP contribution is -2.11. The summed E-state index contributed by atoms with van der Waals surface area (Å²) in [7, 11) is 1.57. The number of rotatable bonds is 3. The number of nitrogens with one attached hydrogen (secondary N) is 1. The topological polar surface area (TPSA) is 38.3 Å². The number of thiophene rings is 1. The first-order valence-electron chi connectivity index (χ1n) is 7.35. The number of amides is 1. The molecule has 0 fully saturated rings. The fourth-order valence-electron chi connectivity index (χ4n) is 2.72. The van der Waals surface area contributed by atoms with E-state index in [4.69, 9.17) is 16.3 Å². The molecule has 3 rings (SSSR count). The maximum absolute atomic E-state index is 12.5. The Labute approximate surface area is 139 Å². The second-order valence-electron chi connectivity index (χ2n) is 5.52. The molecule has 0 spiro atoms. The van der Waals surface area contributed by atoms with Crippen LogP contribution in [0.4, 0.5) is 5.69 Å². The van der Waals surface area contributed by atoms with E-state index in [1.54, 1.807) is 24.5 Å². The Kier molecular flexibility index (Phi) is 4.41. The van der Waals surface area contributed by atoms with Crippen molar-refractivity contribution >= 4 is 34.5 Å². The van der Waals surface area contributed by atoms with Crippen LogP contribution in [0.1, 0.15) is 38.5 Å². The Balaban J connectivity index is 1.85. The fourth-order valence-corrected chi connectivity index (χ4v) is 4.02. The van der Waals surface area contributed by atoms with E-state index in [1.165, 1.54) is 23.3 Å². The molecule has 0 radical (unpaired) electrons. The first kappa shape index (κ1) is 15.4. The first-order valence-corrected chi connectivity index (χ1v) is 8.55. The molecule has 1 aromatic carbocycles. The van der Waals surface area contributed by atoms with Crippen LogP contribution in [0.3, 0.4) is 0 Å². The predicted molar refractivity (Wildman–Crippen MR) is 91.7 cm³/mol. The lowest BCUT2D eigenvalue weighted by Gasteiger charge is -2.11. The SMILES string of the molecule is COc1cc(Cl)c(C)cc1NC(=O)c1cc2c(s1)CCCC2. The second kappa shape index (κ2) is 6.31. The van der Waals surface area contributed by atoms with Crippen molar-refractivity contribution in [2.75, 3.05) is 12.4 Å². The standard InChI is InChI=1S/C17H18ClNO2S/c1-10-7-13(14(21-2)9-12(10)18)19-17(20)16-8-11-5-3-4-6-15(11)22-16/h7-9H,3-6H2,1-2H3,(H,19,20). The van der Waals surface area contributed by atoms with Crippen molar-refractivity contribution in [1.82, 2.24) is 0 Å². The second-order valence-corrected chi connectivity index (χ2v) is 7.07. The van der Waals surface area contributed by atoms with Gasteiger partial charge in [0, 0.05) is 16.0 Å². The number of hydrogen-bond donors (Lipinski definition) is 1. The minimum absolute atomic E-state index is 0.0839. The molecule has 116 valence electrons. The Hall–Kier alpha value is -1.52. The average molecular weight is 336 g/mol. The van der Waals surface area contributed by atoms with Crippen LogP contribution >= 0.6 is 22.9 Å². The van der Waals surface area contributed by atoms with Crippen LogP contribution in [0.25, 0.3) is 0 Å².